The molecule has 1 aliphatic rings. The summed E-state index contributed by atoms with van der Waals surface area (Å²) in [7, 11) is 1.40. The van der Waals surface area contributed by atoms with Crippen molar-refractivity contribution in [2.75, 3.05) is 7.11 Å². The molecule has 0 saturated carbocycles. The van der Waals surface area contributed by atoms with Crippen LogP contribution < -0.4 is 0 Å². The van der Waals surface area contributed by atoms with Gasteiger partial charge in [0.2, 0.25) is 0 Å². The summed E-state index contributed by atoms with van der Waals surface area (Å²) in [6.07, 6.45) is 5.31. The molecule has 0 aromatic heterocycles. The summed E-state index contributed by atoms with van der Waals surface area (Å²) >= 11 is 4.49. The number of isothiocyanates is 1. The molecule has 4 heteroatoms. The van der Waals surface area contributed by atoms with Gasteiger partial charge in [-0.25, -0.2) is 4.99 Å². The zero-order valence-corrected chi connectivity index (χ0v) is 8.21. The minimum Gasteiger partial charge on any atom is -0.469 e. The fourth-order valence-corrected chi connectivity index (χ4v) is 1.46. The number of carbonyl (C=O) groups excluding carboxylic acids is 1. The number of methoxy groups -OCH3 is 1. The van der Waals surface area contributed by atoms with Gasteiger partial charge in [0.15, 0.2) is 0 Å². The van der Waals surface area contributed by atoms with Gasteiger partial charge >= 0.3 is 5.97 Å². The van der Waals surface area contributed by atoms with Crippen molar-refractivity contribution in [3.05, 3.63) is 12.2 Å². The number of carbonyl (C=O) groups is 1. The predicted molar refractivity (Wildman–Crippen MR) is 52.7 cm³/mol. The molecule has 0 amide bonds. The Bertz CT molecular complexity index is 269. The standard InChI is InChI=1S/C9H11NO2S/c1-12-9(11)7-2-4-8(5-3-7)10-6-13/h2,4,7-8H,3,5H2,1H3/t7-,8+/m1/s1. The lowest BCUT2D eigenvalue weighted by Crippen LogP contribution is -2.19. The van der Waals surface area contributed by atoms with E-state index in [1.807, 2.05) is 12.2 Å². The fourth-order valence-electron chi connectivity index (χ4n) is 1.33. The Balaban J connectivity index is 2.56. The molecule has 0 saturated heterocycles. The highest BCUT2D eigenvalue weighted by molar-refractivity contribution is 7.78. The van der Waals surface area contributed by atoms with Crippen LogP contribution in [0.5, 0.6) is 0 Å². The van der Waals surface area contributed by atoms with Gasteiger partial charge in [-0.05, 0) is 25.1 Å². The first-order chi connectivity index (χ1) is 6.27. The summed E-state index contributed by atoms with van der Waals surface area (Å²) in [6, 6.07) is 0.0957. The maximum atomic E-state index is 11.1. The molecule has 0 unspecified atom stereocenters. The van der Waals surface area contributed by atoms with E-state index in [9.17, 15) is 4.79 Å². The van der Waals surface area contributed by atoms with Crippen LogP contribution in [0.1, 0.15) is 12.8 Å². The van der Waals surface area contributed by atoms with E-state index in [1.54, 1.807) is 0 Å². The van der Waals surface area contributed by atoms with E-state index in [0.717, 1.165) is 12.8 Å². The number of thiocarbonyl (C=S) groups is 1. The van der Waals surface area contributed by atoms with Gasteiger partial charge in [0, 0.05) is 0 Å². The summed E-state index contributed by atoms with van der Waals surface area (Å²) in [5.41, 5.74) is 0. The molecule has 3 nitrogen and oxygen atoms in total. The van der Waals surface area contributed by atoms with Crippen LogP contribution in [0.15, 0.2) is 17.1 Å². The maximum Gasteiger partial charge on any atom is 0.312 e. The van der Waals surface area contributed by atoms with E-state index < -0.39 is 0 Å². The van der Waals surface area contributed by atoms with Gasteiger partial charge < -0.3 is 4.74 Å². The van der Waals surface area contributed by atoms with E-state index in [2.05, 4.69) is 27.1 Å². The number of nitrogens with zero attached hydrogens (tertiary/aromatic N) is 1. The van der Waals surface area contributed by atoms with Gasteiger partial charge in [-0.15, -0.1) is 0 Å². The molecular weight excluding hydrogens is 186 g/mol. The first-order valence-electron chi connectivity index (χ1n) is 4.11. The van der Waals surface area contributed by atoms with Crippen molar-refractivity contribution in [2.24, 2.45) is 10.9 Å². The van der Waals surface area contributed by atoms with E-state index in [0.29, 0.717) is 0 Å². The molecule has 0 heterocycles. The molecule has 13 heavy (non-hydrogen) atoms. The predicted octanol–water partition coefficient (Wildman–Crippen LogP) is 1.60. The summed E-state index contributed by atoms with van der Waals surface area (Å²) in [5, 5.41) is 2.34. The van der Waals surface area contributed by atoms with Gasteiger partial charge in [0.05, 0.1) is 24.2 Å². The Labute approximate surface area is 82.5 Å². The Morgan fingerprint density at radius 3 is 2.85 bits per heavy atom. The summed E-state index contributed by atoms with van der Waals surface area (Å²) in [5.74, 6) is -0.289. The molecule has 0 aliphatic heterocycles. The van der Waals surface area contributed by atoms with Crippen molar-refractivity contribution in [1.29, 1.82) is 0 Å². The second-order valence-electron chi connectivity index (χ2n) is 2.88. The number of rotatable bonds is 2. The van der Waals surface area contributed by atoms with Gasteiger partial charge in [-0.3, -0.25) is 4.79 Å². The van der Waals surface area contributed by atoms with Crippen molar-refractivity contribution in [1.82, 2.24) is 0 Å². The lowest BCUT2D eigenvalue weighted by atomic mass is 9.93. The molecule has 0 N–H and O–H groups in total. The van der Waals surface area contributed by atoms with Gasteiger partial charge in [0.1, 0.15) is 0 Å². The molecule has 0 bridgehead atoms. The zero-order chi connectivity index (χ0) is 9.68. The van der Waals surface area contributed by atoms with Crippen molar-refractivity contribution < 1.29 is 9.53 Å². The quantitative estimate of drug-likeness (QED) is 0.292. The van der Waals surface area contributed by atoms with Crippen LogP contribution >= 0.6 is 12.2 Å². The average molecular weight is 197 g/mol. The third-order valence-corrected chi connectivity index (χ3v) is 2.17. The van der Waals surface area contributed by atoms with E-state index in [4.69, 9.17) is 0 Å². The SMILES string of the molecule is COC(=O)[C@@H]1C=C[C@H](N=C=S)CC1. The number of esters is 1. The van der Waals surface area contributed by atoms with E-state index in [-0.39, 0.29) is 17.9 Å². The molecule has 0 aromatic rings. The highest BCUT2D eigenvalue weighted by Gasteiger charge is 2.21. The highest BCUT2D eigenvalue weighted by Crippen LogP contribution is 2.20. The van der Waals surface area contributed by atoms with Crippen molar-refractivity contribution in [3.8, 4) is 0 Å². The Morgan fingerprint density at radius 2 is 2.38 bits per heavy atom. The van der Waals surface area contributed by atoms with E-state index >= 15 is 0 Å². The lowest BCUT2D eigenvalue weighted by molar-refractivity contribution is -0.144. The second kappa shape index (κ2) is 4.90. The Morgan fingerprint density at radius 1 is 1.62 bits per heavy atom. The number of hydrogen-bond donors (Lipinski definition) is 0. The molecule has 1 aliphatic carbocycles. The van der Waals surface area contributed by atoms with Crippen LogP contribution in [0.25, 0.3) is 0 Å². The molecule has 0 radical (unpaired) electrons. The monoisotopic (exact) mass is 197 g/mol. The summed E-state index contributed by atoms with van der Waals surface area (Å²) in [6.45, 7) is 0. The highest BCUT2D eigenvalue weighted by atomic mass is 32.1. The smallest absolute Gasteiger partial charge is 0.312 e. The fraction of sp³-hybridized carbons (Fsp3) is 0.556. The summed E-state index contributed by atoms with van der Waals surface area (Å²) in [4.78, 5) is 15.0. The maximum absolute atomic E-state index is 11.1. The van der Waals surface area contributed by atoms with Crippen LogP contribution in [0.4, 0.5) is 0 Å². The first-order valence-corrected chi connectivity index (χ1v) is 4.52. The van der Waals surface area contributed by atoms with E-state index in [1.165, 1.54) is 7.11 Å². The first kappa shape index (κ1) is 10.1. The van der Waals surface area contributed by atoms with Gasteiger partial charge in [-0.1, -0.05) is 12.2 Å². The molecule has 2 atom stereocenters. The largest absolute Gasteiger partial charge is 0.469 e. The van der Waals surface area contributed by atoms with Crippen LogP contribution in [0.2, 0.25) is 0 Å². The Hall–Kier alpha value is -0.990. The molecule has 0 fully saturated rings. The molecule has 0 spiro atoms. The van der Waals surface area contributed by atoms with Crippen LogP contribution in [-0.4, -0.2) is 24.3 Å². The van der Waals surface area contributed by atoms with Crippen LogP contribution in [0.3, 0.4) is 0 Å². The van der Waals surface area contributed by atoms with Crippen molar-refractivity contribution in [3.63, 3.8) is 0 Å². The third kappa shape index (κ3) is 2.76. The minimum absolute atomic E-state index is 0.0957. The van der Waals surface area contributed by atoms with Gasteiger partial charge in [-0.2, -0.15) is 0 Å². The topological polar surface area (TPSA) is 38.7 Å². The van der Waals surface area contributed by atoms with Crippen molar-refractivity contribution >= 4 is 23.3 Å². The summed E-state index contributed by atoms with van der Waals surface area (Å²) < 4.78 is 4.63. The number of aliphatic imine (C=N–C) groups is 1. The lowest BCUT2D eigenvalue weighted by Gasteiger charge is -2.17. The van der Waals surface area contributed by atoms with Crippen LogP contribution in [-0.2, 0) is 9.53 Å². The number of hydrogen-bond acceptors (Lipinski definition) is 4. The molecule has 0 aromatic carbocycles. The van der Waals surface area contributed by atoms with Gasteiger partial charge in [0.25, 0.3) is 0 Å². The Kier molecular flexibility index (Phi) is 3.80. The van der Waals surface area contributed by atoms with Crippen LogP contribution in [0, 0.1) is 5.92 Å². The number of ether oxygens (including phenoxy) is 1. The average Bonchev–Trinajstić information content (AvgIpc) is 2.18. The third-order valence-electron chi connectivity index (χ3n) is 2.06. The molecule has 70 valence electrons. The zero-order valence-electron chi connectivity index (χ0n) is 7.40. The molecule has 1 rings (SSSR count). The molecular formula is C9H11NO2S. The normalized spacial score (nSPS) is 26.2. The second-order valence-corrected chi connectivity index (χ2v) is 3.06. The minimum atomic E-state index is -0.180. The van der Waals surface area contributed by atoms with Crippen molar-refractivity contribution in [2.45, 2.75) is 18.9 Å².